The van der Waals surface area contributed by atoms with Crippen LogP contribution in [0.15, 0.2) is 4.52 Å². The predicted molar refractivity (Wildman–Crippen MR) is 71.9 cm³/mol. The van der Waals surface area contributed by atoms with E-state index in [0.29, 0.717) is 37.2 Å². The van der Waals surface area contributed by atoms with Gasteiger partial charge in [0, 0.05) is 13.0 Å². The summed E-state index contributed by atoms with van der Waals surface area (Å²) in [4.78, 5) is 16.0. The number of hydrogen-bond donors (Lipinski definition) is 1. The maximum atomic E-state index is 5.81. The zero-order chi connectivity index (χ0) is 14.4. The van der Waals surface area contributed by atoms with Crippen LogP contribution in [0.3, 0.4) is 0 Å². The largest absolute Gasteiger partial charge is 0.463 e. The molecule has 2 rings (SSSR count). The third kappa shape index (κ3) is 4.30. The molecule has 2 heterocycles. The highest BCUT2D eigenvalue weighted by molar-refractivity contribution is 6.28. The zero-order valence-corrected chi connectivity index (χ0v) is 12.0. The number of aryl methyl sites for hydroxylation is 1. The molecule has 0 aliphatic heterocycles. The summed E-state index contributed by atoms with van der Waals surface area (Å²) in [5.74, 6) is 1.52. The van der Waals surface area contributed by atoms with Crippen molar-refractivity contribution in [1.82, 2.24) is 25.1 Å². The molecule has 0 aliphatic carbocycles. The van der Waals surface area contributed by atoms with E-state index in [-0.39, 0.29) is 11.3 Å². The number of anilines is 1. The molecule has 0 amide bonds. The Kier molecular flexibility index (Phi) is 5.05. The van der Waals surface area contributed by atoms with Crippen molar-refractivity contribution in [3.63, 3.8) is 0 Å². The Hall–Kier alpha value is -1.96. The Morgan fingerprint density at radius 1 is 1.25 bits per heavy atom. The summed E-state index contributed by atoms with van der Waals surface area (Å²) >= 11 is 5.81. The molecule has 9 heteroatoms. The number of hydrogen-bond acceptors (Lipinski definition) is 8. The summed E-state index contributed by atoms with van der Waals surface area (Å²) in [5, 5.41) is 6.80. The Morgan fingerprint density at radius 2 is 2.10 bits per heavy atom. The first kappa shape index (κ1) is 14.4. The molecule has 108 valence electrons. The van der Waals surface area contributed by atoms with E-state index in [2.05, 4.69) is 30.4 Å². The van der Waals surface area contributed by atoms with Gasteiger partial charge < -0.3 is 14.6 Å². The van der Waals surface area contributed by atoms with Crippen molar-refractivity contribution >= 4 is 17.5 Å². The number of halogens is 1. The molecule has 1 N–H and O–H groups in total. The van der Waals surface area contributed by atoms with Crippen molar-refractivity contribution in [3.8, 4) is 6.01 Å². The van der Waals surface area contributed by atoms with Gasteiger partial charge in [-0.1, -0.05) is 12.1 Å². The third-order valence-electron chi connectivity index (χ3n) is 2.21. The van der Waals surface area contributed by atoms with Crippen molar-refractivity contribution in [2.45, 2.75) is 26.7 Å². The smallest absolute Gasteiger partial charge is 0.322 e. The van der Waals surface area contributed by atoms with Crippen molar-refractivity contribution in [2.75, 3.05) is 18.5 Å². The van der Waals surface area contributed by atoms with Crippen LogP contribution >= 0.6 is 11.6 Å². The number of nitrogens with one attached hydrogen (secondary N) is 1. The van der Waals surface area contributed by atoms with Gasteiger partial charge in [0.2, 0.25) is 17.1 Å². The second kappa shape index (κ2) is 6.99. The van der Waals surface area contributed by atoms with E-state index < -0.39 is 0 Å². The van der Waals surface area contributed by atoms with Crippen LogP contribution in [0.4, 0.5) is 5.95 Å². The van der Waals surface area contributed by atoms with E-state index in [1.807, 2.05) is 6.92 Å². The molecular weight excluding hydrogens is 284 g/mol. The van der Waals surface area contributed by atoms with Gasteiger partial charge >= 0.3 is 6.01 Å². The molecule has 0 spiro atoms. The molecule has 2 aromatic heterocycles. The van der Waals surface area contributed by atoms with Gasteiger partial charge in [-0.05, 0) is 24.9 Å². The molecule has 0 fully saturated rings. The van der Waals surface area contributed by atoms with E-state index in [0.717, 1.165) is 6.42 Å². The number of aromatic nitrogens is 5. The van der Waals surface area contributed by atoms with E-state index in [4.69, 9.17) is 20.9 Å². The van der Waals surface area contributed by atoms with Gasteiger partial charge in [-0.2, -0.15) is 19.9 Å². The van der Waals surface area contributed by atoms with Gasteiger partial charge in [0.05, 0.1) is 6.61 Å². The fourth-order valence-electron chi connectivity index (χ4n) is 1.39. The van der Waals surface area contributed by atoms with Gasteiger partial charge in [0.15, 0.2) is 5.82 Å². The van der Waals surface area contributed by atoms with Crippen LogP contribution in [0.25, 0.3) is 0 Å². The molecule has 20 heavy (non-hydrogen) atoms. The van der Waals surface area contributed by atoms with Crippen LogP contribution in [0.2, 0.25) is 5.28 Å². The molecule has 0 saturated carbocycles. The summed E-state index contributed by atoms with van der Waals surface area (Å²) in [7, 11) is 0. The van der Waals surface area contributed by atoms with Gasteiger partial charge in [-0.25, -0.2) is 0 Å². The zero-order valence-electron chi connectivity index (χ0n) is 11.3. The second-order valence-electron chi connectivity index (χ2n) is 3.97. The van der Waals surface area contributed by atoms with E-state index in [9.17, 15) is 0 Å². The van der Waals surface area contributed by atoms with Gasteiger partial charge in [-0.15, -0.1) is 0 Å². The minimum absolute atomic E-state index is 0.0854. The standard InChI is InChI=1S/C11H15ClN6O2/c1-3-6-19-11-16-9(12)15-10(17-11)13-5-4-8-14-7(2)18-20-8/h3-6H2,1-2H3,(H,13,15,16,17). The van der Waals surface area contributed by atoms with Crippen LogP contribution in [0, 0.1) is 6.92 Å². The van der Waals surface area contributed by atoms with Crippen molar-refractivity contribution < 1.29 is 9.26 Å². The third-order valence-corrected chi connectivity index (χ3v) is 2.38. The molecular formula is C11H15ClN6O2. The monoisotopic (exact) mass is 298 g/mol. The predicted octanol–water partition coefficient (Wildman–Crippen LogP) is 1.66. The minimum Gasteiger partial charge on any atom is -0.463 e. The number of ether oxygens (including phenoxy) is 1. The quantitative estimate of drug-likeness (QED) is 0.824. The van der Waals surface area contributed by atoms with Crippen molar-refractivity contribution in [3.05, 3.63) is 17.0 Å². The second-order valence-corrected chi connectivity index (χ2v) is 4.31. The lowest BCUT2D eigenvalue weighted by Crippen LogP contribution is -2.10. The van der Waals surface area contributed by atoms with Crippen molar-refractivity contribution in [1.29, 1.82) is 0 Å². The molecule has 0 unspecified atom stereocenters. The Morgan fingerprint density at radius 3 is 2.80 bits per heavy atom. The fourth-order valence-corrected chi connectivity index (χ4v) is 1.54. The molecule has 2 aromatic rings. The first-order chi connectivity index (χ1) is 9.67. The van der Waals surface area contributed by atoms with E-state index in [1.54, 1.807) is 6.92 Å². The fraction of sp³-hybridized carbons (Fsp3) is 0.545. The lowest BCUT2D eigenvalue weighted by Gasteiger charge is -2.06. The summed E-state index contributed by atoms with van der Waals surface area (Å²) < 4.78 is 10.3. The van der Waals surface area contributed by atoms with Crippen LogP contribution in [0.1, 0.15) is 25.1 Å². The molecule has 8 nitrogen and oxygen atoms in total. The van der Waals surface area contributed by atoms with Crippen LogP contribution in [-0.2, 0) is 6.42 Å². The van der Waals surface area contributed by atoms with E-state index in [1.165, 1.54) is 0 Å². The topological polar surface area (TPSA) is 98.9 Å². The average molecular weight is 299 g/mol. The highest BCUT2D eigenvalue weighted by Gasteiger charge is 2.07. The average Bonchev–Trinajstić information content (AvgIpc) is 2.81. The molecule has 0 atom stereocenters. The van der Waals surface area contributed by atoms with Crippen LogP contribution in [0.5, 0.6) is 6.01 Å². The first-order valence-electron chi connectivity index (χ1n) is 6.25. The highest BCUT2D eigenvalue weighted by atomic mass is 35.5. The maximum absolute atomic E-state index is 5.81. The van der Waals surface area contributed by atoms with Gasteiger partial charge in [0.25, 0.3) is 0 Å². The summed E-state index contributed by atoms with van der Waals surface area (Å²) in [5.41, 5.74) is 0. The Balaban J connectivity index is 1.89. The molecule has 0 aromatic carbocycles. The molecule has 0 saturated heterocycles. The molecule has 0 bridgehead atoms. The van der Waals surface area contributed by atoms with Gasteiger partial charge in [0.1, 0.15) is 0 Å². The summed E-state index contributed by atoms with van der Waals surface area (Å²) in [6.07, 6.45) is 1.43. The lowest BCUT2D eigenvalue weighted by molar-refractivity contribution is 0.291. The summed E-state index contributed by atoms with van der Waals surface area (Å²) in [6, 6.07) is 0.211. The van der Waals surface area contributed by atoms with E-state index >= 15 is 0 Å². The van der Waals surface area contributed by atoms with Crippen LogP contribution < -0.4 is 10.1 Å². The molecule has 0 radical (unpaired) electrons. The summed E-state index contributed by atoms with van der Waals surface area (Å²) in [6.45, 7) is 4.83. The minimum atomic E-state index is 0.0854. The first-order valence-corrected chi connectivity index (χ1v) is 6.62. The number of nitrogens with zero attached hydrogens (tertiary/aromatic N) is 5. The van der Waals surface area contributed by atoms with Crippen molar-refractivity contribution in [2.24, 2.45) is 0 Å². The maximum Gasteiger partial charge on any atom is 0.322 e. The Bertz CT molecular complexity index is 562. The highest BCUT2D eigenvalue weighted by Crippen LogP contribution is 2.11. The lowest BCUT2D eigenvalue weighted by atomic mass is 10.4. The van der Waals surface area contributed by atoms with Crippen LogP contribution in [-0.4, -0.2) is 38.2 Å². The normalized spacial score (nSPS) is 10.6. The van der Waals surface area contributed by atoms with Gasteiger partial charge in [-0.3, -0.25) is 0 Å². The SMILES string of the molecule is CCCOc1nc(Cl)nc(NCCc2nc(C)no2)n1. The Labute approximate surface area is 120 Å². The number of rotatable bonds is 7. The molecule has 0 aliphatic rings.